The van der Waals surface area contributed by atoms with Crippen LogP contribution in [0, 0.1) is 5.82 Å². The molecule has 0 aliphatic carbocycles. The molecular weight excluding hydrogens is 443 g/mol. The second kappa shape index (κ2) is 11.5. The van der Waals surface area contributed by atoms with Crippen molar-refractivity contribution in [3.8, 4) is 5.75 Å². The second-order valence-corrected chi connectivity index (χ2v) is 9.65. The minimum absolute atomic E-state index is 0.0304. The Bertz CT molecular complexity index is 989. The van der Waals surface area contributed by atoms with E-state index < -0.39 is 0 Å². The molecule has 6 nitrogen and oxygen atoms in total. The molecule has 1 amide bonds. The fraction of sp³-hybridized carbons (Fsp3) is 0.536. The summed E-state index contributed by atoms with van der Waals surface area (Å²) >= 11 is 0. The first kappa shape index (κ1) is 25.6. The number of carbonyl (C=O) groups excluding carboxylic acids is 1. The largest absolute Gasteiger partial charge is 0.497 e. The van der Waals surface area contributed by atoms with Crippen LogP contribution >= 0.6 is 0 Å². The van der Waals surface area contributed by atoms with Gasteiger partial charge in [0.2, 0.25) is 5.91 Å². The third-order valence-electron chi connectivity index (χ3n) is 7.77. The van der Waals surface area contributed by atoms with Crippen molar-refractivity contribution in [3.05, 3.63) is 65.0 Å². The van der Waals surface area contributed by atoms with Crippen molar-refractivity contribution in [1.82, 2.24) is 20.4 Å². The number of rotatable bonds is 9. The molecule has 1 saturated heterocycles. The predicted octanol–water partition coefficient (Wildman–Crippen LogP) is 2.95. The van der Waals surface area contributed by atoms with Crippen molar-refractivity contribution in [1.29, 1.82) is 0 Å². The molecule has 1 fully saturated rings. The van der Waals surface area contributed by atoms with Crippen LogP contribution in [0.5, 0.6) is 5.75 Å². The molecule has 2 heterocycles. The lowest BCUT2D eigenvalue weighted by Gasteiger charge is -2.52. The van der Waals surface area contributed by atoms with Crippen molar-refractivity contribution in [2.75, 3.05) is 53.4 Å². The Balaban J connectivity index is 1.50. The predicted molar refractivity (Wildman–Crippen MR) is 137 cm³/mol. The summed E-state index contributed by atoms with van der Waals surface area (Å²) in [6.45, 7) is 7.20. The van der Waals surface area contributed by atoms with E-state index in [9.17, 15) is 9.18 Å². The third kappa shape index (κ3) is 5.52. The molecule has 0 aromatic heterocycles. The van der Waals surface area contributed by atoms with Gasteiger partial charge in [0.25, 0.3) is 0 Å². The van der Waals surface area contributed by atoms with Crippen molar-refractivity contribution in [3.63, 3.8) is 0 Å². The number of carbonyl (C=O) groups is 1. The van der Waals surface area contributed by atoms with Crippen LogP contribution in [0.1, 0.15) is 36.5 Å². The first-order valence-electron chi connectivity index (χ1n) is 12.8. The molecule has 2 N–H and O–H groups in total. The highest BCUT2D eigenvalue weighted by Gasteiger charge is 2.45. The normalized spacial score (nSPS) is 18.3. The molecule has 0 unspecified atom stereocenters. The van der Waals surface area contributed by atoms with E-state index in [4.69, 9.17) is 4.74 Å². The summed E-state index contributed by atoms with van der Waals surface area (Å²) in [4.78, 5) is 18.3. The van der Waals surface area contributed by atoms with Crippen LogP contribution in [0.15, 0.2) is 42.5 Å². The maximum absolute atomic E-state index is 13.7. The number of methoxy groups -OCH3 is 1. The summed E-state index contributed by atoms with van der Waals surface area (Å²) in [6, 6.07) is 12.6. The van der Waals surface area contributed by atoms with E-state index in [-0.39, 0.29) is 23.3 Å². The summed E-state index contributed by atoms with van der Waals surface area (Å²) in [5.74, 6) is 0.786. The van der Waals surface area contributed by atoms with E-state index in [1.165, 1.54) is 23.3 Å². The smallest absolute Gasteiger partial charge is 0.240 e. The van der Waals surface area contributed by atoms with E-state index in [1.54, 1.807) is 19.2 Å². The number of nitrogens with zero attached hydrogens (tertiary/aromatic N) is 2. The number of hydrogen-bond donors (Lipinski definition) is 2. The molecule has 0 bridgehead atoms. The van der Waals surface area contributed by atoms with Crippen LogP contribution in [0.25, 0.3) is 0 Å². The van der Waals surface area contributed by atoms with Crippen LogP contribution < -0.4 is 15.4 Å². The zero-order valence-electron chi connectivity index (χ0n) is 21.3. The minimum atomic E-state index is -0.326. The number of benzene rings is 2. The van der Waals surface area contributed by atoms with Gasteiger partial charge in [-0.3, -0.25) is 9.69 Å². The summed E-state index contributed by atoms with van der Waals surface area (Å²) in [7, 11) is 3.62. The fourth-order valence-electron chi connectivity index (χ4n) is 5.84. The molecule has 7 heteroatoms. The first-order valence-corrected chi connectivity index (χ1v) is 12.8. The van der Waals surface area contributed by atoms with E-state index >= 15 is 0 Å². The topological polar surface area (TPSA) is 56.8 Å². The van der Waals surface area contributed by atoms with Gasteiger partial charge in [-0.05, 0) is 80.2 Å². The molecule has 35 heavy (non-hydrogen) atoms. The number of halogens is 1. The van der Waals surface area contributed by atoms with Gasteiger partial charge < -0.3 is 20.3 Å². The van der Waals surface area contributed by atoms with Gasteiger partial charge in [0.1, 0.15) is 11.6 Å². The van der Waals surface area contributed by atoms with E-state index in [2.05, 4.69) is 40.7 Å². The van der Waals surface area contributed by atoms with Crippen molar-refractivity contribution in [2.24, 2.45) is 0 Å². The van der Waals surface area contributed by atoms with Gasteiger partial charge in [-0.2, -0.15) is 0 Å². The SMILES string of the molecule is CCN1CCc2cc(OC)ccc2C12CCN(C(=O)[C@@H](Cc1ccc(F)cc1)NCCNC)CC2. The lowest BCUT2D eigenvalue weighted by molar-refractivity contribution is -0.136. The Morgan fingerprint density at radius 3 is 2.51 bits per heavy atom. The molecule has 2 aromatic rings. The highest BCUT2D eigenvalue weighted by molar-refractivity contribution is 5.82. The first-order chi connectivity index (χ1) is 17.0. The number of likely N-dealkylation sites (tertiary alicyclic amines) is 1. The van der Waals surface area contributed by atoms with Gasteiger partial charge in [-0.25, -0.2) is 4.39 Å². The summed E-state index contributed by atoms with van der Waals surface area (Å²) < 4.78 is 18.9. The molecule has 2 aliphatic heterocycles. The second-order valence-electron chi connectivity index (χ2n) is 9.65. The maximum atomic E-state index is 13.7. The van der Waals surface area contributed by atoms with Crippen LogP contribution in [-0.2, 0) is 23.2 Å². The fourth-order valence-corrected chi connectivity index (χ4v) is 5.84. The molecule has 1 spiro atoms. The molecule has 2 aromatic carbocycles. The molecule has 2 aliphatic rings. The summed E-state index contributed by atoms with van der Waals surface area (Å²) in [5.41, 5.74) is 3.70. The summed E-state index contributed by atoms with van der Waals surface area (Å²) in [6.07, 6.45) is 3.42. The number of likely N-dealkylation sites (N-methyl/N-ethyl adjacent to an activating group) is 2. The molecular formula is C28H39FN4O2. The van der Waals surface area contributed by atoms with Gasteiger partial charge in [-0.15, -0.1) is 0 Å². The van der Waals surface area contributed by atoms with Gasteiger partial charge in [0.15, 0.2) is 0 Å². The Morgan fingerprint density at radius 2 is 1.86 bits per heavy atom. The van der Waals surface area contributed by atoms with E-state index in [0.717, 1.165) is 63.3 Å². The zero-order chi connectivity index (χ0) is 24.8. The third-order valence-corrected chi connectivity index (χ3v) is 7.77. The zero-order valence-corrected chi connectivity index (χ0v) is 21.3. The average Bonchev–Trinajstić information content (AvgIpc) is 2.89. The molecule has 1 atom stereocenters. The molecule has 4 rings (SSSR count). The number of ether oxygens (including phenoxy) is 1. The van der Waals surface area contributed by atoms with E-state index in [0.29, 0.717) is 13.0 Å². The highest BCUT2D eigenvalue weighted by atomic mass is 19.1. The Hall–Kier alpha value is -2.48. The Kier molecular flexibility index (Phi) is 8.42. The Morgan fingerprint density at radius 1 is 1.11 bits per heavy atom. The van der Waals surface area contributed by atoms with Crippen molar-refractivity contribution < 1.29 is 13.9 Å². The molecule has 0 saturated carbocycles. The number of nitrogens with one attached hydrogen (secondary N) is 2. The number of amides is 1. The van der Waals surface area contributed by atoms with Gasteiger partial charge in [0.05, 0.1) is 13.2 Å². The van der Waals surface area contributed by atoms with Crippen molar-refractivity contribution in [2.45, 2.75) is 44.2 Å². The van der Waals surface area contributed by atoms with Crippen LogP contribution in [0.4, 0.5) is 4.39 Å². The average molecular weight is 483 g/mol. The number of piperidine rings is 1. The Labute approximate surface area is 208 Å². The van der Waals surface area contributed by atoms with Crippen LogP contribution in [-0.4, -0.2) is 75.2 Å². The maximum Gasteiger partial charge on any atom is 0.240 e. The van der Waals surface area contributed by atoms with Gasteiger partial charge in [-0.1, -0.05) is 25.1 Å². The van der Waals surface area contributed by atoms with E-state index in [1.807, 2.05) is 11.9 Å². The summed E-state index contributed by atoms with van der Waals surface area (Å²) in [5, 5.41) is 6.56. The lowest BCUT2D eigenvalue weighted by Crippen LogP contribution is -2.59. The van der Waals surface area contributed by atoms with Gasteiger partial charge >= 0.3 is 0 Å². The monoisotopic (exact) mass is 482 g/mol. The standard InChI is InChI=1S/C28H39FN4O2/c1-4-33-16-11-22-20-24(35-3)9-10-25(22)28(33)12-17-32(18-13-28)27(34)26(31-15-14-30-2)19-21-5-7-23(29)8-6-21/h5-10,20,26,30-31H,4,11-19H2,1-3H3/t26-/m1/s1. The minimum Gasteiger partial charge on any atom is -0.497 e. The highest BCUT2D eigenvalue weighted by Crippen LogP contribution is 2.44. The van der Waals surface area contributed by atoms with Crippen LogP contribution in [0.2, 0.25) is 0 Å². The number of hydrogen-bond acceptors (Lipinski definition) is 5. The number of fused-ring (bicyclic) bond motifs is 2. The molecule has 190 valence electrons. The molecule has 0 radical (unpaired) electrons. The lowest BCUT2D eigenvalue weighted by atomic mass is 9.74. The van der Waals surface area contributed by atoms with Gasteiger partial charge in [0, 0.05) is 38.3 Å². The van der Waals surface area contributed by atoms with Crippen molar-refractivity contribution >= 4 is 5.91 Å². The van der Waals surface area contributed by atoms with Crippen LogP contribution in [0.3, 0.4) is 0 Å². The quantitative estimate of drug-likeness (QED) is 0.539.